The van der Waals surface area contributed by atoms with Crippen LogP contribution in [0.15, 0.2) is 79.0 Å². The highest BCUT2D eigenvalue weighted by molar-refractivity contribution is 7.70. The number of carbonyl (C=O) groups is 1. The van der Waals surface area contributed by atoms with Crippen molar-refractivity contribution in [3.05, 3.63) is 90.1 Å². The summed E-state index contributed by atoms with van der Waals surface area (Å²) in [7, 11) is 1.83. The molecule has 1 aliphatic carbocycles. The maximum Gasteiger partial charge on any atom is 0.323 e. The average Bonchev–Trinajstić information content (AvgIpc) is 3.26. The van der Waals surface area contributed by atoms with Gasteiger partial charge in [-0.1, -0.05) is 64.3 Å². The number of methoxy groups -OCH3 is 3. The van der Waals surface area contributed by atoms with Gasteiger partial charge in [-0.05, 0) is 48.1 Å². The largest absolute Gasteiger partial charge is 0.497 e. The standard InChI is InChI=1S/C46H58N6O10S/c1-45(2,3)31-26-37(46(52-63(54)55)17-10-7-11-18-46)42(58-6)39(27-31)50-44(53)49-38-14-15-40(36-13-9-8-12-35(36)38)62-41-16-19-47-43(51-41)48-32-28-33(57-5)30-34(29-32)61-25-24-60-23-22-59-21-20-56-4/h8-9,12-16,19,26-30,63H,7,10-11,17-18,20-25H2,1-6H3,(H,47,48,51)(H2,49,50,53)(H,52,54,55). The monoisotopic (exact) mass is 886 g/mol. The van der Waals surface area contributed by atoms with E-state index in [1.54, 1.807) is 50.7 Å². The molecule has 0 bridgehead atoms. The fourth-order valence-corrected chi connectivity index (χ4v) is 8.17. The molecule has 0 aliphatic heterocycles. The van der Waals surface area contributed by atoms with E-state index in [0.717, 1.165) is 35.6 Å². The van der Waals surface area contributed by atoms with Crippen molar-refractivity contribution in [3.8, 4) is 28.9 Å². The Bertz CT molecular complexity index is 2390. The highest BCUT2D eigenvalue weighted by atomic mass is 32.2. The molecule has 4 aromatic carbocycles. The summed E-state index contributed by atoms with van der Waals surface area (Å²) in [6.45, 7) is 8.90. The zero-order valence-corrected chi connectivity index (χ0v) is 37.6. The summed E-state index contributed by atoms with van der Waals surface area (Å²) < 4.78 is 66.9. The Labute approximate surface area is 370 Å². The Morgan fingerprint density at radius 3 is 2.16 bits per heavy atom. The van der Waals surface area contributed by atoms with Gasteiger partial charge in [0, 0.05) is 59.6 Å². The summed E-state index contributed by atoms with van der Waals surface area (Å²) in [4.78, 5) is 22.9. The van der Waals surface area contributed by atoms with Crippen molar-refractivity contribution >= 4 is 50.7 Å². The summed E-state index contributed by atoms with van der Waals surface area (Å²) in [6, 6.07) is 21.5. The molecule has 16 nitrogen and oxygen atoms in total. The van der Waals surface area contributed by atoms with Crippen molar-refractivity contribution < 1.29 is 46.4 Å². The number of benzene rings is 4. The second kappa shape index (κ2) is 22.1. The molecule has 1 aliphatic rings. The van der Waals surface area contributed by atoms with Crippen LogP contribution in [0.5, 0.6) is 28.9 Å². The smallest absolute Gasteiger partial charge is 0.323 e. The molecule has 0 spiro atoms. The van der Waals surface area contributed by atoms with E-state index in [0.29, 0.717) is 98.1 Å². The van der Waals surface area contributed by atoms with E-state index in [2.05, 4.69) is 51.4 Å². The molecule has 5 aromatic rings. The van der Waals surface area contributed by atoms with E-state index in [1.807, 2.05) is 42.5 Å². The number of hydrogen-bond acceptors (Lipinski definition) is 13. The van der Waals surface area contributed by atoms with Gasteiger partial charge in [0.05, 0.1) is 64.2 Å². The van der Waals surface area contributed by atoms with Gasteiger partial charge in [0.2, 0.25) is 22.7 Å². The molecule has 63 heavy (non-hydrogen) atoms. The van der Waals surface area contributed by atoms with Gasteiger partial charge in [0.25, 0.3) is 0 Å². The van der Waals surface area contributed by atoms with Crippen LogP contribution in [0, 0.1) is 0 Å². The van der Waals surface area contributed by atoms with Crippen LogP contribution in [0.25, 0.3) is 10.8 Å². The second-order valence-electron chi connectivity index (χ2n) is 16.0. The molecule has 2 amide bonds. The number of anilines is 4. The molecule has 1 saturated carbocycles. The fraction of sp³-hybridized carbons (Fsp3) is 0.413. The number of nitrogens with zero attached hydrogens (tertiary/aromatic N) is 2. The number of rotatable bonds is 21. The maximum absolute atomic E-state index is 13.9. The van der Waals surface area contributed by atoms with Crippen molar-refractivity contribution in [2.75, 3.05) is 76.9 Å². The van der Waals surface area contributed by atoms with Gasteiger partial charge in [0.1, 0.15) is 29.6 Å². The molecular weight excluding hydrogens is 829 g/mol. The van der Waals surface area contributed by atoms with Crippen molar-refractivity contribution in [2.24, 2.45) is 0 Å². The maximum atomic E-state index is 13.9. The van der Waals surface area contributed by atoms with Crippen LogP contribution in [0.4, 0.5) is 27.8 Å². The van der Waals surface area contributed by atoms with E-state index in [4.69, 9.17) is 33.2 Å². The molecule has 1 aromatic heterocycles. The lowest BCUT2D eigenvalue weighted by Gasteiger charge is -2.39. The van der Waals surface area contributed by atoms with Crippen LogP contribution in [-0.2, 0) is 36.1 Å². The van der Waals surface area contributed by atoms with E-state index in [-0.39, 0.29) is 17.2 Å². The van der Waals surface area contributed by atoms with Crippen LogP contribution >= 0.6 is 0 Å². The minimum Gasteiger partial charge on any atom is -0.497 e. The lowest BCUT2D eigenvalue weighted by atomic mass is 9.74. The summed E-state index contributed by atoms with van der Waals surface area (Å²) in [5.41, 5.74) is 2.06. The Morgan fingerprint density at radius 2 is 1.46 bits per heavy atom. The molecule has 0 unspecified atom stereocenters. The highest BCUT2D eigenvalue weighted by Crippen LogP contribution is 2.46. The number of carbonyl (C=O) groups excluding carboxylic acids is 1. The quantitative estimate of drug-likeness (QED) is 0.0349. The number of aromatic nitrogens is 2. The Morgan fingerprint density at radius 1 is 0.762 bits per heavy atom. The highest BCUT2D eigenvalue weighted by Gasteiger charge is 2.39. The molecule has 1 heterocycles. The van der Waals surface area contributed by atoms with E-state index < -0.39 is 22.5 Å². The number of hydrogen-bond donors (Lipinski definition) is 5. The van der Waals surface area contributed by atoms with Crippen molar-refractivity contribution in [1.29, 1.82) is 0 Å². The van der Waals surface area contributed by atoms with Crippen molar-refractivity contribution in [1.82, 2.24) is 14.7 Å². The molecule has 1 fully saturated rings. The van der Waals surface area contributed by atoms with Crippen LogP contribution in [0.1, 0.15) is 64.0 Å². The molecule has 0 saturated heterocycles. The van der Waals surface area contributed by atoms with Gasteiger partial charge in [-0.25, -0.2) is 22.9 Å². The van der Waals surface area contributed by atoms with Gasteiger partial charge in [0.15, 0.2) is 0 Å². The van der Waals surface area contributed by atoms with E-state index in [9.17, 15) is 13.2 Å². The third kappa shape index (κ3) is 12.7. The number of urea groups is 1. The van der Waals surface area contributed by atoms with Crippen LogP contribution < -0.4 is 39.6 Å². The Kier molecular flexibility index (Phi) is 16.4. The molecule has 6 rings (SSSR count). The number of fused-ring (bicyclic) bond motifs is 1. The first kappa shape index (κ1) is 46.8. The average molecular weight is 887 g/mol. The first-order valence-electron chi connectivity index (χ1n) is 20.9. The van der Waals surface area contributed by atoms with Gasteiger partial charge in [-0.15, -0.1) is 0 Å². The summed E-state index contributed by atoms with van der Waals surface area (Å²) in [5, 5.41) is 10.7. The molecular formula is C46H58N6O10S. The predicted octanol–water partition coefficient (Wildman–Crippen LogP) is 8.46. The normalized spacial score (nSPS) is 13.7. The molecule has 0 atom stereocenters. The topological polar surface area (TPSA) is 190 Å². The molecule has 17 heteroatoms. The predicted molar refractivity (Wildman–Crippen MR) is 244 cm³/mol. The third-order valence-electron chi connectivity index (χ3n) is 10.6. The van der Waals surface area contributed by atoms with Gasteiger partial charge in [-0.3, -0.25) is 0 Å². The molecule has 338 valence electrons. The van der Waals surface area contributed by atoms with Crippen molar-refractivity contribution in [3.63, 3.8) is 0 Å². The van der Waals surface area contributed by atoms with Crippen molar-refractivity contribution in [2.45, 2.75) is 63.8 Å². The van der Waals surface area contributed by atoms with E-state index >= 15 is 0 Å². The first-order valence-corrected chi connectivity index (χ1v) is 22.1. The van der Waals surface area contributed by atoms with Crippen LogP contribution in [0.3, 0.4) is 0 Å². The second-order valence-corrected chi connectivity index (χ2v) is 16.7. The molecule has 0 radical (unpaired) electrons. The first-order chi connectivity index (χ1) is 30.4. The van der Waals surface area contributed by atoms with Crippen LogP contribution in [-0.4, -0.2) is 85.4 Å². The Hall–Kier alpha value is -5.72. The Balaban J connectivity index is 1.16. The van der Waals surface area contributed by atoms with Gasteiger partial charge in [-0.2, -0.15) is 4.98 Å². The third-order valence-corrected chi connectivity index (χ3v) is 11.2. The number of thiol groups is 1. The summed E-state index contributed by atoms with van der Waals surface area (Å²) >= 11 is 0. The minimum atomic E-state index is -2.91. The fourth-order valence-electron chi connectivity index (χ4n) is 7.48. The summed E-state index contributed by atoms with van der Waals surface area (Å²) in [5.74, 6) is 2.63. The summed E-state index contributed by atoms with van der Waals surface area (Å²) in [6.07, 6.45) is 5.54. The van der Waals surface area contributed by atoms with E-state index in [1.165, 1.54) is 7.11 Å². The van der Waals surface area contributed by atoms with Gasteiger partial charge >= 0.3 is 6.03 Å². The number of ether oxygens (including phenoxy) is 7. The zero-order chi connectivity index (χ0) is 44.8. The SMILES string of the molecule is COCCOCCOCCOc1cc(Nc2nccc(Oc3ccc(NC(=O)Nc4cc(C(C)(C)C)cc(C5(N[SH](=O)=O)CCCCC5)c4OC)c4ccccc34)n2)cc(OC)c1. The molecule has 4 N–H and O–H groups in total. The number of nitrogens with one attached hydrogen (secondary N) is 4. The lowest BCUT2D eigenvalue weighted by molar-refractivity contribution is 0.0179. The van der Waals surface area contributed by atoms with Gasteiger partial charge < -0.3 is 49.1 Å². The minimum absolute atomic E-state index is 0.281. The zero-order valence-electron chi connectivity index (χ0n) is 36.7. The van der Waals surface area contributed by atoms with Crippen LogP contribution in [0.2, 0.25) is 0 Å². The number of amides is 2. The lowest BCUT2D eigenvalue weighted by Crippen LogP contribution is -2.43.